The lowest BCUT2D eigenvalue weighted by Crippen LogP contribution is -2.51. The van der Waals surface area contributed by atoms with Crippen LogP contribution >= 0.6 is 11.6 Å². The number of amides is 2. The molecular formula is C30H26ClFN4O3. The zero-order valence-electron chi connectivity index (χ0n) is 21.5. The summed E-state index contributed by atoms with van der Waals surface area (Å²) < 4.78 is 21.0. The standard InChI is InChI=1S/C30H26ClFN4O3/c1-16-27(17(2)39-34-16)20-12-24(29(33)37)28-23-11-19(30(38)35-14-22(32)15-35)5-8-25(23)36(26(28)13-20)10-9-18-3-6-21(31)7-4-18/h3-8,11-13,22H,9-10,14-15H2,1-2H3,(H2,33,37). The Morgan fingerprint density at radius 3 is 2.46 bits per heavy atom. The Labute approximate surface area is 228 Å². The molecule has 7 nitrogen and oxygen atoms in total. The van der Waals surface area contributed by atoms with Crippen LogP contribution in [0.5, 0.6) is 0 Å². The summed E-state index contributed by atoms with van der Waals surface area (Å²) in [5, 5.41) is 6.17. The summed E-state index contributed by atoms with van der Waals surface area (Å²) in [5.41, 5.74) is 11.8. The van der Waals surface area contributed by atoms with Gasteiger partial charge in [0.05, 0.1) is 24.3 Å². The third-order valence-electron chi connectivity index (χ3n) is 7.46. The van der Waals surface area contributed by atoms with E-state index >= 15 is 0 Å². The van der Waals surface area contributed by atoms with Gasteiger partial charge in [-0.05, 0) is 73.9 Å². The van der Waals surface area contributed by atoms with Gasteiger partial charge in [0.2, 0.25) is 5.91 Å². The molecule has 6 rings (SSSR count). The van der Waals surface area contributed by atoms with Gasteiger partial charge >= 0.3 is 0 Å². The van der Waals surface area contributed by atoms with E-state index in [2.05, 4.69) is 9.72 Å². The molecule has 2 aromatic heterocycles. The predicted molar refractivity (Wildman–Crippen MR) is 149 cm³/mol. The number of rotatable bonds is 6. The number of primary amides is 1. The molecule has 39 heavy (non-hydrogen) atoms. The fraction of sp³-hybridized carbons (Fsp3) is 0.233. The van der Waals surface area contributed by atoms with Crippen LogP contribution in [0.15, 0.2) is 59.1 Å². The maximum atomic E-state index is 13.4. The number of hydrogen-bond acceptors (Lipinski definition) is 4. The van der Waals surface area contributed by atoms with E-state index in [9.17, 15) is 14.0 Å². The van der Waals surface area contributed by atoms with Crippen LogP contribution in [0, 0.1) is 13.8 Å². The molecule has 198 valence electrons. The second-order valence-electron chi connectivity index (χ2n) is 10.0. The van der Waals surface area contributed by atoms with Crippen LogP contribution < -0.4 is 5.73 Å². The maximum absolute atomic E-state index is 13.4. The fourth-order valence-electron chi connectivity index (χ4n) is 5.50. The Bertz CT molecular complexity index is 1750. The summed E-state index contributed by atoms with van der Waals surface area (Å²) in [7, 11) is 0. The molecule has 0 spiro atoms. The van der Waals surface area contributed by atoms with Crippen molar-refractivity contribution in [1.82, 2.24) is 14.6 Å². The zero-order valence-corrected chi connectivity index (χ0v) is 22.3. The van der Waals surface area contributed by atoms with Crippen LogP contribution in [0.25, 0.3) is 32.9 Å². The third-order valence-corrected chi connectivity index (χ3v) is 7.71. The van der Waals surface area contributed by atoms with Gasteiger partial charge < -0.3 is 19.7 Å². The second-order valence-corrected chi connectivity index (χ2v) is 10.5. The van der Waals surface area contributed by atoms with Crippen molar-refractivity contribution in [2.45, 2.75) is 33.0 Å². The van der Waals surface area contributed by atoms with Crippen molar-refractivity contribution in [3.05, 3.63) is 87.8 Å². The smallest absolute Gasteiger partial charge is 0.254 e. The van der Waals surface area contributed by atoms with Crippen LogP contribution in [0.1, 0.15) is 37.7 Å². The number of fused-ring (bicyclic) bond motifs is 3. The Morgan fingerprint density at radius 2 is 1.82 bits per heavy atom. The monoisotopic (exact) mass is 544 g/mol. The van der Waals surface area contributed by atoms with Crippen LogP contribution in [-0.4, -0.2) is 45.7 Å². The van der Waals surface area contributed by atoms with Crippen LogP contribution in [0.4, 0.5) is 4.39 Å². The highest BCUT2D eigenvalue weighted by Crippen LogP contribution is 2.38. The summed E-state index contributed by atoms with van der Waals surface area (Å²) >= 11 is 6.08. The van der Waals surface area contributed by atoms with Crippen molar-refractivity contribution >= 4 is 45.2 Å². The summed E-state index contributed by atoms with van der Waals surface area (Å²) in [6.45, 7) is 4.47. The summed E-state index contributed by atoms with van der Waals surface area (Å²) in [6.07, 6.45) is -0.277. The van der Waals surface area contributed by atoms with Gasteiger partial charge in [-0.2, -0.15) is 0 Å². The van der Waals surface area contributed by atoms with Crippen molar-refractivity contribution in [2.24, 2.45) is 5.73 Å². The lowest BCUT2D eigenvalue weighted by Gasteiger charge is -2.34. The van der Waals surface area contributed by atoms with E-state index in [1.165, 1.54) is 4.90 Å². The summed E-state index contributed by atoms with van der Waals surface area (Å²) in [6, 6.07) is 16.9. The van der Waals surface area contributed by atoms with E-state index < -0.39 is 12.1 Å². The minimum absolute atomic E-state index is 0.0903. The van der Waals surface area contributed by atoms with Gasteiger partial charge in [-0.15, -0.1) is 0 Å². The molecule has 2 N–H and O–H groups in total. The summed E-state index contributed by atoms with van der Waals surface area (Å²) in [5.74, 6) is -0.175. The van der Waals surface area contributed by atoms with Gasteiger partial charge in [-0.3, -0.25) is 9.59 Å². The number of likely N-dealkylation sites (tertiary alicyclic amines) is 1. The van der Waals surface area contributed by atoms with E-state index in [0.717, 1.165) is 33.1 Å². The predicted octanol–water partition coefficient (Wildman–Crippen LogP) is 5.86. The summed E-state index contributed by atoms with van der Waals surface area (Å²) in [4.78, 5) is 27.3. The van der Waals surface area contributed by atoms with Crippen molar-refractivity contribution in [2.75, 3.05) is 13.1 Å². The normalized spacial score (nSPS) is 13.8. The molecule has 0 aliphatic carbocycles. The molecule has 0 bridgehead atoms. The number of nitrogens with zero attached hydrogens (tertiary/aromatic N) is 3. The molecule has 0 saturated carbocycles. The number of carbonyl (C=O) groups is 2. The highest BCUT2D eigenvalue weighted by Gasteiger charge is 2.31. The lowest BCUT2D eigenvalue weighted by atomic mass is 9.97. The molecule has 3 heterocycles. The van der Waals surface area contributed by atoms with Crippen molar-refractivity contribution in [3.8, 4) is 11.1 Å². The van der Waals surface area contributed by atoms with Gasteiger partial charge in [-0.1, -0.05) is 28.9 Å². The molecule has 2 amide bonds. The Morgan fingerprint density at radius 1 is 1.08 bits per heavy atom. The SMILES string of the molecule is Cc1noc(C)c1-c1cc(C(N)=O)c2c3cc(C(=O)N4CC(F)C4)ccc3n(CCc3ccc(Cl)cc3)c2c1. The largest absolute Gasteiger partial charge is 0.366 e. The molecule has 9 heteroatoms. The van der Waals surface area contributed by atoms with Gasteiger partial charge in [0.15, 0.2) is 0 Å². The average molecular weight is 545 g/mol. The van der Waals surface area contributed by atoms with Crippen LogP contribution in [-0.2, 0) is 13.0 Å². The highest BCUT2D eigenvalue weighted by molar-refractivity contribution is 6.30. The number of benzene rings is 3. The van der Waals surface area contributed by atoms with Gasteiger partial charge in [0.25, 0.3) is 5.91 Å². The van der Waals surface area contributed by atoms with Crippen molar-refractivity contribution < 1.29 is 18.5 Å². The van der Waals surface area contributed by atoms with Crippen molar-refractivity contribution in [3.63, 3.8) is 0 Å². The maximum Gasteiger partial charge on any atom is 0.254 e. The average Bonchev–Trinajstić information content (AvgIpc) is 3.40. The van der Waals surface area contributed by atoms with Crippen molar-refractivity contribution in [1.29, 1.82) is 0 Å². The second kappa shape index (κ2) is 9.54. The molecule has 3 aromatic carbocycles. The molecule has 1 aliphatic rings. The molecule has 0 unspecified atom stereocenters. The van der Waals surface area contributed by atoms with Gasteiger partial charge in [0, 0.05) is 44.5 Å². The zero-order chi connectivity index (χ0) is 27.4. The molecule has 1 saturated heterocycles. The first-order valence-corrected chi connectivity index (χ1v) is 13.1. The Balaban J connectivity index is 1.57. The number of nitrogens with two attached hydrogens (primary N) is 1. The van der Waals surface area contributed by atoms with Crippen LogP contribution in [0.2, 0.25) is 5.02 Å². The number of aromatic nitrogens is 2. The molecule has 0 radical (unpaired) electrons. The number of alkyl halides is 1. The lowest BCUT2D eigenvalue weighted by molar-refractivity contribution is 0.0400. The minimum Gasteiger partial charge on any atom is -0.366 e. The molecule has 5 aromatic rings. The molecule has 1 fully saturated rings. The fourth-order valence-corrected chi connectivity index (χ4v) is 5.62. The Hall–Kier alpha value is -4.17. The van der Waals surface area contributed by atoms with Gasteiger partial charge in [0.1, 0.15) is 11.9 Å². The van der Waals surface area contributed by atoms with E-state index in [-0.39, 0.29) is 19.0 Å². The quantitative estimate of drug-likeness (QED) is 0.290. The number of halogens is 2. The minimum atomic E-state index is -0.989. The molecule has 0 atom stereocenters. The molecular weight excluding hydrogens is 519 g/mol. The topological polar surface area (TPSA) is 94.4 Å². The first-order valence-electron chi connectivity index (χ1n) is 12.7. The first kappa shape index (κ1) is 25.1. The number of hydrogen-bond donors (Lipinski definition) is 1. The van der Waals surface area contributed by atoms with E-state index in [1.807, 2.05) is 50.2 Å². The van der Waals surface area contributed by atoms with E-state index in [1.54, 1.807) is 18.2 Å². The molecule has 1 aliphatic heterocycles. The van der Waals surface area contributed by atoms with Crippen LogP contribution in [0.3, 0.4) is 0 Å². The highest BCUT2D eigenvalue weighted by atomic mass is 35.5. The third kappa shape index (κ3) is 4.34. The first-order chi connectivity index (χ1) is 18.7. The van der Waals surface area contributed by atoms with Gasteiger partial charge in [-0.25, -0.2) is 4.39 Å². The van der Waals surface area contributed by atoms with E-state index in [4.69, 9.17) is 21.9 Å². The number of carbonyl (C=O) groups excluding carboxylic acids is 2. The Kier molecular flexibility index (Phi) is 6.14. The number of aryl methyl sites for hydroxylation is 4. The van der Waals surface area contributed by atoms with E-state index in [0.29, 0.717) is 46.0 Å².